The quantitative estimate of drug-likeness (QED) is 0.191. The molecule has 0 bridgehead atoms. The van der Waals surface area contributed by atoms with Crippen LogP contribution in [0.25, 0.3) is 11.0 Å². The lowest BCUT2D eigenvalue weighted by molar-refractivity contribution is 0.0697. The number of pyridine rings is 1. The number of hydrogen-bond acceptors (Lipinski definition) is 7. The second-order valence-corrected chi connectivity index (χ2v) is 11.8. The van der Waals surface area contributed by atoms with Crippen molar-refractivity contribution >= 4 is 17.0 Å². The van der Waals surface area contributed by atoms with Crippen LogP contribution in [0.5, 0.6) is 11.5 Å². The van der Waals surface area contributed by atoms with E-state index in [1.807, 2.05) is 0 Å². The van der Waals surface area contributed by atoms with Gasteiger partial charge in [0, 0.05) is 49.3 Å². The number of likely N-dealkylation sites (tertiary alicyclic amines) is 1. The number of carboxylic acid groups (broad SMARTS) is 1. The molecule has 0 radical (unpaired) electrons. The molecule has 1 N–H and O–H groups in total. The Labute approximate surface area is 257 Å². The molecule has 1 aliphatic carbocycles. The van der Waals surface area contributed by atoms with Crippen LogP contribution < -0.4 is 9.47 Å². The van der Waals surface area contributed by atoms with Crippen LogP contribution in [0.15, 0.2) is 54.7 Å². The summed E-state index contributed by atoms with van der Waals surface area (Å²) in [6.45, 7) is 2.72. The molecule has 0 atom stereocenters. The van der Waals surface area contributed by atoms with Crippen LogP contribution in [0.4, 0.5) is 13.2 Å². The Morgan fingerprint density at radius 1 is 1.13 bits per heavy atom. The topological polar surface area (TPSA) is 114 Å². The summed E-state index contributed by atoms with van der Waals surface area (Å²) in [6, 6.07) is 13.8. The fourth-order valence-electron chi connectivity index (χ4n) is 5.78. The van der Waals surface area contributed by atoms with Crippen LogP contribution in [0.3, 0.4) is 0 Å². The number of nitrogens with zero attached hydrogens (tertiary/aromatic N) is 5. The standard InChI is InChI=1S/C33H32F3N5O4/c34-26-15-21(31(35)36)2-4-29(26)44-19-23-17-25(5-12-38-23)45-24-6-13-40(14-7-24)18-30-39-27-3-1-22(32(42)43)16-28(27)41(30)20-33(8-9-33)10-11-37/h1-5,12,15-17,24,31H,6-10,13-14,18-20H2,(H,42,43). The summed E-state index contributed by atoms with van der Waals surface area (Å²) in [5.74, 6) is -0.514. The summed E-state index contributed by atoms with van der Waals surface area (Å²) in [4.78, 5) is 23.1. The van der Waals surface area contributed by atoms with Crippen molar-refractivity contribution in [2.45, 2.75) is 64.3 Å². The molecule has 0 amide bonds. The summed E-state index contributed by atoms with van der Waals surface area (Å²) in [5.41, 5.74) is 1.74. The molecule has 234 valence electrons. The second kappa shape index (κ2) is 12.8. The van der Waals surface area contributed by atoms with Crippen LogP contribution in [0, 0.1) is 22.6 Å². The molecule has 4 aromatic rings. The number of aromatic carboxylic acids is 1. The number of piperidine rings is 1. The summed E-state index contributed by atoms with van der Waals surface area (Å²) < 4.78 is 53.6. The van der Waals surface area contributed by atoms with Crippen molar-refractivity contribution in [3.8, 4) is 17.6 Å². The Kier molecular flexibility index (Phi) is 8.63. The van der Waals surface area contributed by atoms with E-state index in [0.29, 0.717) is 31.0 Å². The Hall–Kier alpha value is -4.63. The van der Waals surface area contributed by atoms with Crippen molar-refractivity contribution in [2.24, 2.45) is 5.41 Å². The number of hydrogen-bond donors (Lipinski definition) is 1. The molecule has 0 spiro atoms. The molecular weight excluding hydrogens is 587 g/mol. The van der Waals surface area contributed by atoms with E-state index in [-0.39, 0.29) is 29.4 Å². The van der Waals surface area contributed by atoms with Gasteiger partial charge in [-0.05, 0) is 68.1 Å². The van der Waals surface area contributed by atoms with Crippen LogP contribution in [0.2, 0.25) is 0 Å². The largest absolute Gasteiger partial charge is 0.490 e. The van der Waals surface area contributed by atoms with Crippen molar-refractivity contribution in [1.29, 1.82) is 5.26 Å². The Balaban J connectivity index is 1.07. The van der Waals surface area contributed by atoms with Gasteiger partial charge < -0.3 is 19.1 Å². The number of carbonyl (C=O) groups is 1. The smallest absolute Gasteiger partial charge is 0.335 e. The lowest BCUT2D eigenvalue weighted by atomic mass is 10.0. The lowest BCUT2D eigenvalue weighted by Gasteiger charge is -2.32. The fraction of sp³-hybridized carbons (Fsp3) is 0.394. The maximum atomic E-state index is 14.2. The lowest BCUT2D eigenvalue weighted by Crippen LogP contribution is -2.38. The molecule has 2 fully saturated rings. The third-order valence-corrected chi connectivity index (χ3v) is 8.55. The zero-order chi connectivity index (χ0) is 31.6. The molecule has 2 aliphatic rings. The average Bonchev–Trinajstić information content (AvgIpc) is 3.71. The van der Waals surface area contributed by atoms with Gasteiger partial charge in [0.2, 0.25) is 0 Å². The van der Waals surface area contributed by atoms with Gasteiger partial charge in [-0.2, -0.15) is 5.26 Å². The van der Waals surface area contributed by atoms with E-state index >= 15 is 0 Å². The molecule has 45 heavy (non-hydrogen) atoms. The highest BCUT2D eigenvalue weighted by Crippen LogP contribution is 2.50. The van der Waals surface area contributed by atoms with Gasteiger partial charge in [-0.25, -0.2) is 22.9 Å². The second-order valence-electron chi connectivity index (χ2n) is 11.8. The van der Waals surface area contributed by atoms with E-state index in [4.69, 9.17) is 14.5 Å². The first kappa shape index (κ1) is 30.4. The molecule has 1 aliphatic heterocycles. The molecule has 1 saturated carbocycles. The van der Waals surface area contributed by atoms with E-state index in [0.717, 1.165) is 67.8 Å². The summed E-state index contributed by atoms with van der Waals surface area (Å²) in [6.07, 6.45) is 2.74. The predicted molar refractivity (Wildman–Crippen MR) is 157 cm³/mol. The van der Waals surface area contributed by atoms with Crippen molar-refractivity contribution < 1.29 is 32.5 Å². The first-order chi connectivity index (χ1) is 21.7. The minimum Gasteiger partial charge on any atom is -0.490 e. The highest BCUT2D eigenvalue weighted by molar-refractivity contribution is 5.92. The molecule has 2 aromatic heterocycles. The third kappa shape index (κ3) is 7.04. The highest BCUT2D eigenvalue weighted by atomic mass is 19.3. The molecule has 12 heteroatoms. The van der Waals surface area contributed by atoms with E-state index in [1.54, 1.807) is 36.5 Å². The van der Waals surface area contributed by atoms with Crippen LogP contribution >= 0.6 is 0 Å². The number of rotatable bonds is 12. The van der Waals surface area contributed by atoms with E-state index in [1.165, 1.54) is 6.07 Å². The van der Waals surface area contributed by atoms with Crippen LogP contribution in [-0.2, 0) is 19.7 Å². The molecule has 3 heterocycles. The van der Waals surface area contributed by atoms with Crippen molar-refractivity contribution in [3.05, 3.63) is 83.2 Å². The normalized spacial score (nSPS) is 16.5. The van der Waals surface area contributed by atoms with E-state index in [2.05, 4.69) is 20.5 Å². The van der Waals surface area contributed by atoms with E-state index in [9.17, 15) is 28.3 Å². The van der Waals surface area contributed by atoms with Gasteiger partial charge in [-0.3, -0.25) is 9.88 Å². The summed E-state index contributed by atoms with van der Waals surface area (Å²) in [5, 5.41) is 18.9. The Bertz CT molecular complexity index is 1740. The zero-order valence-electron chi connectivity index (χ0n) is 24.5. The van der Waals surface area contributed by atoms with Gasteiger partial charge in [0.25, 0.3) is 6.43 Å². The predicted octanol–water partition coefficient (Wildman–Crippen LogP) is 6.52. The number of nitriles is 1. The molecular formula is C33H32F3N5O4. The van der Waals surface area contributed by atoms with Crippen molar-refractivity contribution in [3.63, 3.8) is 0 Å². The first-order valence-electron chi connectivity index (χ1n) is 14.9. The van der Waals surface area contributed by atoms with Gasteiger partial charge in [0.1, 0.15) is 24.3 Å². The molecule has 6 rings (SSSR count). The number of carboxylic acids is 1. The zero-order valence-corrected chi connectivity index (χ0v) is 24.5. The molecule has 2 aromatic carbocycles. The van der Waals surface area contributed by atoms with Gasteiger partial charge >= 0.3 is 5.97 Å². The highest BCUT2D eigenvalue weighted by Gasteiger charge is 2.43. The Morgan fingerprint density at radius 3 is 2.62 bits per heavy atom. The maximum Gasteiger partial charge on any atom is 0.335 e. The number of halogens is 3. The monoisotopic (exact) mass is 619 g/mol. The number of ether oxygens (including phenoxy) is 2. The van der Waals surface area contributed by atoms with Gasteiger partial charge in [-0.1, -0.05) is 0 Å². The van der Waals surface area contributed by atoms with Crippen LogP contribution in [-0.4, -0.2) is 49.7 Å². The fourth-order valence-corrected chi connectivity index (χ4v) is 5.78. The number of benzene rings is 2. The van der Waals surface area contributed by atoms with Crippen molar-refractivity contribution in [1.82, 2.24) is 19.4 Å². The van der Waals surface area contributed by atoms with Crippen LogP contribution in [0.1, 0.15) is 66.0 Å². The molecule has 9 nitrogen and oxygen atoms in total. The van der Waals surface area contributed by atoms with Gasteiger partial charge in [0.05, 0.1) is 34.9 Å². The third-order valence-electron chi connectivity index (χ3n) is 8.55. The molecule has 0 unspecified atom stereocenters. The summed E-state index contributed by atoms with van der Waals surface area (Å²) in [7, 11) is 0. The summed E-state index contributed by atoms with van der Waals surface area (Å²) >= 11 is 0. The number of alkyl halides is 2. The first-order valence-corrected chi connectivity index (χ1v) is 14.9. The maximum absolute atomic E-state index is 14.2. The molecule has 1 saturated heterocycles. The van der Waals surface area contributed by atoms with Gasteiger partial charge in [-0.15, -0.1) is 0 Å². The number of imidazole rings is 1. The minimum absolute atomic E-state index is 0.0286. The SMILES string of the molecule is N#CCC1(Cn2c(CN3CCC(Oc4ccnc(COc5ccc(C(F)F)cc5F)c4)CC3)nc3ccc(C(=O)O)cc32)CC1. The minimum atomic E-state index is -2.76. The van der Waals surface area contributed by atoms with Crippen molar-refractivity contribution in [2.75, 3.05) is 13.1 Å². The van der Waals surface area contributed by atoms with Gasteiger partial charge in [0.15, 0.2) is 11.6 Å². The number of aromatic nitrogens is 3. The number of fused-ring (bicyclic) bond motifs is 1. The average molecular weight is 620 g/mol. The Morgan fingerprint density at radius 2 is 1.93 bits per heavy atom. The van der Waals surface area contributed by atoms with E-state index < -0.39 is 23.8 Å².